The van der Waals surface area contributed by atoms with Gasteiger partial charge in [-0.3, -0.25) is 14.7 Å². The Hall–Kier alpha value is 0.680. The maximum absolute atomic E-state index is 10.7. The first-order valence-electron chi connectivity index (χ1n) is 14.9. The van der Waals surface area contributed by atoms with Gasteiger partial charge < -0.3 is 0 Å². The third kappa shape index (κ3) is 7.80. The molecule has 3 atom stereocenters. The second-order valence-corrected chi connectivity index (χ2v) is 19.3. The third-order valence-electron chi connectivity index (χ3n) is 9.25. The summed E-state index contributed by atoms with van der Waals surface area (Å²) in [5, 5.41) is 0. The molecule has 6 nitrogen and oxygen atoms in total. The van der Waals surface area contributed by atoms with E-state index in [9.17, 15) is 25.2 Å². The van der Waals surface area contributed by atoms with Gasteiger partial charge in [-0.25, -0.2) is 0 Å². The summed E-state index contributed by atoms with van der Waals surface area (Å²) in [7, 11) is -10.7. The molecule has 6 saturated heterocycles. The van der Waals surface area contributed by atoms with E-state index in [4.69, 9.17) is 15.5 Å². The molecule has 0 aliphatic carbocycles. The molecule has 3 unspecified atom stereocenters. The molecule has 0 radical (unpaired) electrons. The molecule has 6 fully saturated rings. The third-order valence-corrected chi connectivity index (χ3v) is 16.3. The van der Waals surface area contributed by atoms with Gasteiger partial charge in [0.2, 0.25) is 15.5 Å². The van der Waals surface area contributed by atoms with Gasteiger partial charge in [-0.1, -0.05) is 0 Å². The van der Waals surface area contributed by atoms with Crippen molar-refractivity contribution in [3.63, 3.8) is 0 Å². The van der Waals surface area contributed by atoms with Crippen LogP contribution in [0, 0.1) is 0 Å². The number of halogens is 7. The van der Waals surface area contributed by atoms with E-state index < -0.39 is 14.2 Å². The van der Waals surface area contributed by atoms with Gasteiger partial charge >= 0.3 is 39.4 Å². The zero-order chi connectivity index (χ0) is 28.0. The van der Waals surface area contributed by atoms with Crippen LogP contribution in [0.3, 0.4) is 0 Å². The number of hydrogen-bond acceptors (Lipinski definition) is 6. The topological polar surface area (TPSA) is 19.4 Å². The fourth-order valence-electron chi connectivity index (χ4n) is 7.77. The predicted molar refractivity (Wildman–Crippen MR) is 151 cm³/mol. The Morgan fingerprint density at radius 1 is 0.436 bits per heavy atom. The van der Waals surface area contributed by atoms with E-state index in [-0.39, 0.29) is 0 Å². The Morgan fingerprint density at radius 2 is 0.667 bits per heavy atom. The fraction of sp³-hybridized carbons (Fsp3) is 1.00. The van der Waals surface area contributed by atoms with E-state index in [0.717, 1.165) is 0 Å². The van der Waals surface area contributed by atoms with Crippen molar-refractivity contribution in [1.82, 2.24) is 28.7 Å². The molecule has 0 spiro atoms. The van der Waals surface area contributed by atoms with Crippen molar-refractivity contribution in [3.8, 4) is 0 Å². The summed E-state index contributed by atoms with van der Waals surface area (Å²) in [6.45, 7) is 11.8. The van der Waals surface area contributed by atoms with E-state index in [1.165, 1.54) is 136 Å². The minimum atomic E-state index is -10.7. The number of nitrogens with zero attached hydrogens (tertiary/aromatic N) is 6. The molecule has 6 aliphatic rings. The molecule has 6 heterocycles. The normalized spacial score (nSPS) is 36.2. The predicted octanol–water partition coefficient (Wildman–Crippen LogP) is 7.99. The molecule has 0 aromatic rings. The molecule has 6 aliphatic heterocycles. The molecule has 0 aromatic heterocycles. The van der Waals surface area contributed by atoms with E-state index in [2.05, 4.69) is 28.7 Å². The summed E-state index contributed by atoms with van der Waals surface area (Å²) in [6, 6.07) is 0. The average molecular weight is 674 g/mol. The Morgan fingerprint density at radius 3 is 0.897 bits per heavy atom. The second kappa shape index (κ2) is 11.3. The van der Waals surface area contributed by atoms with Crippen molar-refractivity contribution in [2.45, 2.75) is 95.5 Å². The molecule has 0 saturated carbocycles. The van der Waals surface area contributed by atoms with Gasteiger partial charge in [0, 0.05) is 19.6 Å². The first-order valence-corrected chi connectivity index (χ1v) is 20.6. The van der Waals surface area contributed by atoms with Crippen LogP contribution in [0.25, 0.3) is 0 Å². The van der Waals surface area contributed by atoms with Crippen LogP contribution < -0.4 is 0 Å². The fourth-order valence-corrected chi connectivity index (χ4v) is 15.0. The molecular formula is C24H45BrF6N6P2. The zero-order valence-electron chi connectivity index (χ0n) is 22.8. The Kier molecular flexibility index (Phi) is 9.02. The van der Waals surface area contributed by atoms with Crippen molar-refractivity contribution in [1.29, 1.82) is 0 Å². The molecule has 0 aromatic carbocycles. The van der Waals surface area contributed by atoms with Gasteiger partial charge in [-0.05, 0) is 116 Å². The van der Waals surface area contributed by atoms with Crippen molar-refractivity contribution in [3.05, 3.63) is 0 Å². The molecule has 0 amide bonds. The summed E-state index contributed by atoms with van der Waals surface area (Å²) in [6.07, 6.45) is 16.9. The van der Waals surface area contributed by atoms with Crippen LogP contribution in [0.4, 0.5) is 25.2 Å². The number of hydrogen-bond donors (Lipinski definition) is 0. The van der Waals surface area contributed by atoms with Crippen molar-refractivity contribution < 1.29 is 25.2 Å². The van der Waals surface area contributed by atoms with E-state index in [1.807, 2.05) is 0 Å². The van der Waals surface area contributed by atoms with Gasteiger partial charge in [0.25, 0.3) is 0 Å². The number of rotatable bonds is 6. The van der Waals surface area contributed by atoms with E-state index >= 15 is 0 Å². The van der Waals surface area contributed by atoms with Crippen LogP contribution in [0.5, 0.6) is 0 Å². The second-order valence-electron chi connectivity index (χ2n) is 12.0. The summed E-state index contributed by atoms with van der Waals surface area (Å²) in [5.41, 5.74) is 0. The van der Waals surface area contributed by atoms with Crippen molar-refractivity contribution in [2.75, 3.05) is 58.9 Å². The van der Waals surface area contributed by atoms with Crippen LogP contribution in [0.15, 0.2) is 0 Å². The van der Waals surface area contributed by atoms with Crippen molar-refractivity contribution >= 4 is 29.7 Å². The van der Waals surface area contributed by atoms with Gasteiger partial charge in [-0.2, -0.15) is 0 Å². The van der Waals surface area contributed by atoms with Crippen molar-refractivity contribution in [2.24, 2.45) is 0 Å². The Bertz CT molecular complexity index is 744. The SMILES string of the molecule is Br[P+](N1CCCC1N1CCCC1)(N1CCCC1N1CCCC1)N1CCCC1N1CCCC1.F[P-](F)(F)(F)(F)F. The van der Waals surface area contributed by atoms with Crippen LogP contribution in [-0.4, -0.2) is 106 Å². The number of likely N-dealkylation sites (tertiary alicyclic amines) is 3. The Labute approximate surface area is 237 Å². The van der Waals surface area contributed by atoms with Gasteiger partial charge in [0.05, 0.1) is 0 Å². The average Bonchev–Trinajstić information content (AvgIpc) is 3.70. The Balaban J connectivity index is 0.000000392. The van der Waals surface area contributed by atoms with Crippen LogP contribution in [0.2, 0.25) is 0 Å². The van der Waals surface area contributed by atoms with E-state index in [1.54, 1.807) is 0 Å². The van der Waals surface area contributed by atoms with E-state index in [0.29, 0.717) is 18.5 Å². The summed E-state index contributed by atoms with van der Waals surface area (Å²) >= 11 is 4.74. The standard InChI is InChI=1S/C24H45BrN6P.F6P/c25-32(29-19-7-10-22(29)26-13-1-2-14-26,30-20-8-11-23(30)27-15-3-4-16-27)31-21-9-12-24(31)28-17-5-6-18-28;1-7(2,3,4,5)6/h22-24H,1-21H2;/q+1;-1. The summed E-state index contributed by atoms with van der Waals surface area (Å²) < 4.78 is 68.3. The zero-order valence-corrected chi connectivity index (χ0v) is 26.2. The van der Waals surface area contributed by atoms with Crippen LogP contribution >= 0.6 is 29.7 Å². The molecule has 15 heteroatoms. The van der Waals surface area contributed by atoms with Crippen LogP contribution in [0.1, 0.15) is 77.0 Å². The quantitative estimate of drug-likeness (QED) is 0.209. The molecule has 6 rings (SSSR count). The first-order chi connectivity index (χ1) is 18.2. The van der Waals surface area contributed by atoms with Gasteiger partial charge in [0.15, 0.2) is 0 Å². The summed E-state index contributed by atoms with van der Waals surface area (Å²) in [4.78, 5) is 8.56. The molecule has 0 N–H and O–H groups in total. The molecule has 230 valence electrons. The monoisotopic (exact) mass is 672 g/mol. The van der Waals surface area contributed by atoms with Crippen LogP contribution in [-0.2, 0) is 0 Å². The summed E-state index contributed by atoms with van der Waals surface area (Å²) in [5.74, 6) is 0. The molecule has 0 bridgehead atoms. The van der Waals surface area contributed by atoms with Gasteiger partial charge in [-0.15, -0.1) is 14.0 Å². The minimum absolute atomic E-state index is 0.657. The molecule has 39 heavy (non-hydrogen) atoms. The van der Waals surface area contributed by atoms with Gasteiger partial charge in [0.1, 0.15) is 18.5 Å². The molecular weight excluding hydrogens is 628 g/mol. The first kappa shape index (κ1) is 31.1. The maximum atomic E-state index is 9.87.